The third kappa shape index (κ3) is 3.79. The predicted molar refractivity (Wildman–Crippen MR) is 78.6 cm³/mol. The van der Waals surface area contributed by atoms with Gasteiger partial charge in [0.15, 0.2) is 17.6 Å². The van der Waals surface area contributed by atoms with Gasteiger partial charge in [0.05, 0.1) is 6.54 Å². The van der Waals surface area contributed by atoms with E-state index < -0.39 is 0 Å². The molecule has 0 spiro atoms. The lowest BCUT2D eigenvalue weighted by atomic mass is 10.2. The van der Waals surface area contributed by atoms with Crippen LogP contribution in [0.1, 0.15) is 19.8 Å². The van der Waals surface area contributed by atoms with E-state index in [4.69, 9.17) is 21.1 Å². The molecule has 0 N–H and O–H groups in total. The summed E-state index contributed by atoms with van der Waals surface area (Å²) in [5.74, 6) is 2.14. The summed E-state index contributed by atoms with van der Waals surface area (Å²) in [5.41, 5.74) is 0. The molecule has 110 valence electrons. The van der Waals surface area contributed by atoms with Crippen LogP contribution in [0.3, 0.4) is 0 Å². The van der Waals surface area contributed by atoms with Crippen LogP contribution in [0.15, 0.2) is 24.3 Å². The molecule has 0 fully saturated rings. The Morgan fingerprint density at radius 1 is 1.40 bits per heavy atom. The van der Waals surface area contributed by atoms with E-state index in [1.807, 2.05) is 31.2 Å². The van der Waals surface area contributed by atoms with Crippen molar-refractivity contribution in [2.75, 3.05) is 25.6 Å². The van der Waals surface area contributed by atoms with Crippen molar-refractivity contribution in [3.05, 3.63) is 24.3 Å². The van der Waals surface area contributed by atoms with Crippen molar-refractivity contribution in [1.82, 2.24) is 4.90 Å². The molecule has 0 bridgehead atoms. The summed E-state index contributed by atoms with van der Waals surface area (Å²) in [6, 6.07) is 7.59. The van der Waals surface area contributed by atoms with Gasteiger partial charge in [0.1, 0.15) is 6.61 Å². The summed E-state index contributed by atoms with van der Waals surface area (Å²) in [5, 5.41) is 0. The van der Waals surface area contributed by atoms with E-state index >= 15 is 0 Å². The second kappa shape index (κ2) is 7.39. The van der Waals surface area contributed by atoms with Gasteiger partial charge >= 0.3 is 0 Å². The molecule has 1 aliphatic heterocycles. The largest absolute Gasteiger partial charge is 0.486 e. The van der Waals surface area contributed by atoms with Gasteiger partial charge < -0.3 is 14.4 Å². The smallest absolute Gasteiger partial charge is 0.222 e. The van der Waals surface area contributed by atoms with E-state index in [1.54, 1.807) is 4.90 Å². The molecule has 1 atom stereocenters. The lowest BCUT2D eigenvalue weighted by molar-refractivity contribution is -0.132. The molecule has 5 heteroatoms. The molecule has 1 unspecified atom stereocenters. The van der Waals surface area contributed by atoms with Gasteiger partial charge in [0.25, 0.3) is 0 Å². The first kappa shape index (κ1) is 15.0. The zero-order chi connectivity index (χ0) is 14.4. The number of carbonyl (C=O) groups excluding carboxylic acids is 1. The molecule has 2 rings (SSSR count). The molecule has 1 aromatic rings. The van der Waals surface area contributed by atoms with Crippen LogP contribution >= 0.6 is 11.6 Å². The number of para-hydroxylation sites is 2. The lowest BCUT2D eigenvalue weighted by Gasteiger charge is -2.31. The average Bonchev–Trinajstić information content (AvgIpc) is 2.50. The minimum atomic E-state index is -0.121. The van der Waals surface area contributed by atoms with Crippen LogP contribution in [0.25, 0.3) is 0 Å². The van der Waals surface area contributed by atoms with E-state index in [1.165, 1.54) is 0 Å². The zero-order valence-electron chi connectivity index (χ0n) is 11.7. The first-order valence-electron chi connectivity index (χ1n) is 6.96. The molecular formula is C15H20ClNO3. The summed E-state index contributed by atoms with van der Waals surface area (Å²) in [4.78, 5) is 13.8. The zero-order valence-corrected chi connectivity index (χ0v) is 12.4. The van der Waals surface area contributed by atoms with Gasteiger partial charge in [-0.15, -0.1) is 11.6 Å². The van der Waals surface area contributed by atoms with Crippen LogP contribution in [-0.2, 0) is 4.79 Å². The van der Waals surface area contributed by atoms with Gasteiger partial charge in [-0.1, -0.05) is 12.1 Å². The maximum Gasteiger partial charge on any atom is 0.222 e. The molecule has 1 aliphatic rings. The van der Waals surface area contributed by atoms with E-state index in [2.05, 4.69) is 0 Å². The number of nitrogens with zero attached hydrogens (tertiary/aromatic N) is 1. The van der Waals surface area contributed by atoms with Gasteiger partial charge in [-0.3, -0.25) is 4.79 Å². The van der Waals surface area contributed by atoms with Gasteiger partial charge in [-0.05, 0) is 25.5 Å². The standard InChI is InChI=1S/C15H20ClNO3/c1-2-17(15(18)8-5-9-16)10-12-11-19-13-6-3-4-7-14(13)20-12/h3-4,6-7,12H,2,5,8-11H2,1H3. The molecule has 20 heavy (non-hydrogen) atoms. The number of likely N-dealkylation sites (N-methyl/N-ethyl adjacent to an activating group) is 1. The second-order valence-corrected chi connectivity index (χ2v) is 5.10. The maximum absolute atomic E-state index is 12.0. The third-order valence-electron chi connectivity index (χ3n) is 3.25. The second-order valence-electron chi connectivity index (χ2n) is 4.72. The number of halogens is 1. The van der Waals surface area contributed by atoms with Crippen molar-refractivity contribution in [2.24, 2.45) is 0 Å². The summed E-state index contributed by atoms with van der Waals surface area (Å²) < 4.78 is 11.5. The summed E-state index contributed by atoms with van der Waals surface area (Å²) in [6.45, 7) is 3.65. The average molecular weight is 298 g/mol. The van der Waals surface area contributed by atoms with Crippen molar-refractivity contribution in [3.8, 4) is 11.5 Å². The lowest BCUT2D eigenvalue weighted by Crippen LogP contribution is -2.43. The van der Waals surface area contributed by atoms with Gasteiger partial charge in [0.2, 0.25) is 5.91 Å². The van der Waals surface area contributed by atoms with E-state index in [0.717, 1.165) is 11.5 Å². The highest BCUT2D eigenvalue weighted by Crippen LogP contribution is 2.31. The van der Waals surface area contributed by atoms with Gasteiger partial charge in [-0.25, -0.2) is 0 Å². The van der Waals surface area contributed by atoms with Crippen LogP contribution in [0.4, 0.5) is 0 Å². The molecule has 1 heterocycles. The number of alkyl halides is 1. The number of benzene rings is 1. The highest BCUT2D eigenvalue weighted by Gasteiger charge is 2.24. The Kier molecular flexibility index (Phi) is 5.53. The number of carbonyl (C=O) groups is 1. The monoisotopic (exact) mass is 297 g/mol. The van der Waals surface area contributed by atoms with E-state index in [-0.39, 0.29) is 12.0 Å². The maximum atomic E-state index is 12.0. The Hall–Kier alpha value is -1.42. The first-order chi connectivity index (χ1) is 9.74. The Morgan fingerprint density at radius 3 is 2.85 bits per heavy atom. The molecule has 0 saturated carbocycles. The molecular weight excluding hydrogens is 278 g/mol. The number of ether oxygens (including phenoxy) is 2. The van der Waals surface area contributed by atoms with Crippen LogP contribution < -0.4 is 9.47 Å². The van der Waals surface area contributed by atoms with Crippen molar-refractivity contribution in [3.63, 3.8) is 0 Å². The van der Waals surface area contributed by atoms with Crippen LogP contribution in [0.5, 0.6) is 11.5 Å². The number of rotatable bonds is 6. The van der Waals surface area contributed by atoms with Gasteiger partial charge in [-0.2, -0.15) is 0 Å². The quantitative estimate of drug-likeness (QED) is 0.758. The molecule has 4 nitrogen and oxygen atoms in total. The van der Waals surface area contributed by atoms with Crippen molar-refractivity contribution < 1.29 is 14.3 Å². The van der Waals surface area contributed by atoms with Gasteiger partial charge in [0, 0.05) is 18.8 Å². The number of fused-ring (bicyclic) bond motifs is 1. The summed E-state index contributed by atoms with van der Waals surface area (Å²) >= 11 is 5.63. The fourth-order valence-electron chi connectivity index (χ4n) is 2.18. The SMILES string of the molecule is CCN(CC1COc2ccccc2O1)C(=O)CCCCl. The molecule has 1 amide bonds. The Morgan fingerprint density at radius 2 is 2.15 bits per heavy atom. The van der Waals surface area contributed by atoms with Crippen molar-refractivity contribution in [2.45, 2.75) is 25.9 Å². The highest BCUT2D eigenvalue weighted by molar-refractivity contribution is 6.17. The number of hydrogen-bond acceptors (Lipinski definition) is 3. The Labute approximate surface area is 124 Å². The van der Waals surface area contributed by atoms with Crippen LogP contribution in [-0.4, -0.2) is 42.5 Å². The fraction of sp³-hybridized carbons (Fsp3) is 0.533. The summed E-state index contributed by atoms with van der Waals surface area (Å²) in [7, 11) is 0. The van der Waals surface area contributed by atoms with Crippen LogP contribution in [0.2, 0.25) is 0 Å². The predicted octanol–water partition coefficient (Wildman–Crippen LogP) is 2.69. The van der Waals surface area contributed by atoms with E-state index in [9.17, 15) is 4.79 Å². The Balaban J connectivity index is 1.91. The normalized spacial score (nSPS) is 16.8. The topological polar surface area (TPSA) is 38.8 Å². The van der Waals surface area contributed by atoms with Crippen molar-refractivity contribution in [1.29, 1.82) is 0 Å². The number of amides is 1. The third-order valence-corrected chi connectivity index (χ3v) is 3.52. The highest BCUT2D eigenvalue weighted by atomic mass is 35.5. The minimum absolute atomic E-state index is 0.121. The molecule has 0 aliphatic carbocycles. The van der Waals surface area contributed by atoms with Crippen molar-refractivity contribution >= 4 is 17.5 Å². The van der Waals surface area contributed by atoms with E-state index in [0.29, 0.717) is 38.4 Å². The Bertz CT molecular complexity index is 452. The number of hydrogen-bond donors (Lipinski definition) is 0. The minimum Gasteiger partial charge on any atom is -0.486 e. The van der Waals surface area contributed by atoms with Crippen LogP contribution in [0, 0.1) is 0 Å². The fourth-order valence-corrected chi connectivity index (χ4v) is 2.32. The molecule has 0 saturated heterocycles. The molecule has 1 aromatic carbocycles. The molecule has 0 aromatic heterocycles. The first-order valence-corrected chi connectivity index (χ1v) is 7.50. The molecule has 0 radical (unpaired) electrons. The summed E-state index contributed by atoms with van der Waals surface area (Å²) in [6.07, 6.45) is 1.08.